The van der Waals surface area contributed by atoms with Crippen molar-refractivity contribution >= 4 is 47.0 Å². The van der Waals surface area contributed by atoms with Crippen LogP contribution < -0.4 is 4.74 Å². The number of aliphatic imine (C=N–C) groups is 2. The van der Waals surface area contributed by atoms with E-state index in [4.69, 9.17) is 42.4 Å². The second kappa shape index (κ2) is 11.8. The zero-order valence-electron chi connectivity index (χ0n) is 20.7. The Morgan fingerprint density at radius 2 is 1.97 bits per heavy atom. The Morgan fingerprint density at radius 1 is 1.22 bits per heavy atom. The number of ether oxygens (including phenoxy) is 3. The summed E-state index contributed by atoms with van der Waals surface area (Å²) in [5.41, 5.74) is 3.31. The first-order valence-corrected chi connectivity index (χ1v) is 13.2. The molecular formula is C27H32Cl2N2O5. The molecule has 2 aliphatic heterocycles. The monoisotopic (exact) mass is 534 g/mol. The molecule has 7 nitrogen and oxygen atoms in total. The molecule has 2 unspecified atom stereocenters. The third-order valence-corrected chi connectivity index (χ3v) is 7.14. The molecular weight excluding hydrogens is 503 g/mol. The standard InChI is InChI=1S/C27H32Cl2N2O5/c1-15(2)35-26-23(29)12-18(14-30-26)25-31-24(16(3)10-11-34-25)21-9-8-20(13-22(21)28)36-19-6-4-17(5-7-19)27(32)33/h8-9,12-15,17,19,23,26H,4-7,10-11H2,1-3H3,(H,32,33). The average molecular weight is 535 g/mol. The van der Waals surface area contributed by atoms with E-state index in [1.807, 2.05) is 39.0 Å². The van der Waals surface area contributed by atoms with Crippen molar-refractivity contribution in [3.63, 3.8) is 0 Å². The van der Waals surface area contributed by atoms with Gasteiger partial charge in [-0.2, -0.15) is 0 Å². The van der Waals surface area contributed by atoms with E-state index in [2.05, 4.69) is 4.99 Å². The number of carbonyl (C=O) groups is 1. The molecule has 2 atom stereocenters. The first-order valence-electron chi connectivity index (χ1n) is 12.4. The van der Waals surface area contributed by atoms with Gasteiger partial charge in [-0.3, -0.25) is 9.79 Å². The maximum atomic E-state index is 11.2. The van der Waals surface area contributed by atoms with Gasteiger partial charge in [0.25, 0.3) is 0 Å². The molecule has 1 aliphatic carbocycles. The minimum atomic E-state index is -0.725. The summed E-state index contributed by atoms with van der Waals surface area (Å²) in [7, 11) is 0. The van der Waals surface area contributed by atoms with Crippen LogP contribution in [0.15, 0.2) is 45.4 Å². The largest absolute Gasteiger partial charge is 0.490 e. The number of rotatable bonds is 7. The molecule has 1 aromatic rings. The van der Waals surface area contributed by atoms with E-state index in [1.54, 1.807) is 12.3 Å². The molecule has 36 heavy (non-hydrogen) atoms. The first-order chi connectivity index (χ1) is 17.2. The van der Waals surface area contributed by atoms with Crippen LogP contribution in [-0.4, -0.2) is 53.6 Å². The van der Waals surface area contributed by atoms with Crippen LogP contribution in [0.4, 0.5) is 0 Å². The average Bonchev–Trinajstić information content (AvgIpc) is 3.02. The molecule has 0 aromatic heterocycles. The van der Waals surface area contributed by atoms with Gasteiger partial charge in [-0.05, 0) is 76.3 Å². The second-order valence-electron chi connectivity index (χ2n) is 9.64. The lowest BCUT2D eigenvalue weighted by molar-refractivity contribution is -0.143. The molecule has 0 bridgehead atoms. The fourth-order valence-corrected chi connectivity index (χ4v) is 5.04. The molecule has 0 spiro atoms. The fraction of sp³-hybridized carbons (Fsp3) is 0.519. The number of carboxylic acid groups (broad SMARTS) is 1. The quantitative estimate of drug-likeness (QED) is 0.415. The van der Waals surface area contributed by atoms with Crippen molar-refractivity contribution in [1.29, 1.82) is 0 Å². The molecule has 2 heterocycles. The summed E-state index contributed by atoms with van der Waals surface area (Å²) in [5.74, 6) is 0.114. The van der Waals surface area contributed by atoms with Crippen molar-refractivity contribution in [2.45, 2.75) is 76.7 Å². The fourth-order valence-electron chi connectivity index (χ4n) is 4.52. The van der Waals surface area contributed by atoms with Gasteiger partial charge in [0.1, 0.15) is 5.75 Å². The lowest BCUT2D eigenvalue weighted by Gasteiger charge is -2.27. The normalized spacial score (nSPS) is 26.7. The van der Waals surface area contributed by atoms with Gasteiger partial charge >= 0.3 is 5.97 Å². The first kappa shape index (κ1) is 26.7. The highest BCUT2D eigenvalue weighted by Crippen LogP contribution is 2.35. The number of alkyl halides is 1. The Hall–Kier alpha value is -2.35. The zero-order valence-corrected chi connectivity index (χ0v) is 22.3. The third-order valence-electron chi connectivity index (χ3n) is 6.49. The molecule has 9 heteroatoms. The molecule has 3 aliphatic rings. The highest BCUT2D eigenvalue weighted by Gasteiger charge is 2.28. The Bertz CT molecular complexity index is 1100. The molecule has 0 radical (unpaired) electrons. The summed E-state index contributed by atoms with van der Waals surface area (Å²) in [4.78, 5) is 20.5. The number of aliphatic carboxylic acids is 1. The van der Waals surface area contributed by atoms with E-state index < -0.39 is 17.6 Å². The van der Waals surface area contributed by atoms with Crippen LogP contribution in [0.1, 0.15) is 58.4 Å². The summed E-state index contributed by atoms with van der Waals surface area (Å²) in [6.07, 6.45) is 6.50. The Balaban J connectivity index is 1.51. The number of dihydropyridines is 1. The molecule has 0 amide bonds. The predicted octanol–water partition coefficient (Wildman–Crippen LogP) is 6.28. The summed E-state index contributed by atoms with van der Waals surface area (Å²) < 4.78 is 17.8. The summed E-state index contributed by atoms with van der Waals surface area (Å²) >= 11 is 13.2. The minimum Gasteiger partial charge on any atom is -0.490 e. The van der Waals surface area contributed by atoms with Gasteiger partial charge in [-0.1, -0.05) is 11.6 Å². The van der Waals surface area contributed by atoms with Gasteiger partial charge < -0.3 is 19.3 Å². The van der Waals surface area contributed by atoms with Crippen LogP contribution in [0.3, 0.4) is 0 Å². The molecule has 4 rings (SSSR count). The topological polar surface area (TPSA) is 89.7 Å². The van der Waals surface area contributed by atoms with Crippen molar-refractivity contribution in [3.8, 4) is 5.75 Å². The van der Waals surface area contributed by atoms with Gasteiger partial charge in [-0.15, -0.1) is 11.6 Å². The van der Waals surface area contributed by atoms with Gasteiger partial charge in [0, 0.05) is 18.2 Å². The maximum Gasteiger partial charge on any atom is 0.306 e. The second-order valence-corrected chi connectivity index (χ2v) is 10.5. The van der Waals surface area contributed by atoms with Crippen LogP contribution in [0.5, 0.6) is 5.75 Å². The van der Waals surface area contributed by atoms with E-state index >= 15 is 0 Å². The molecule has 0 saturated heterocycles. The molecule has 1 fully saturated rings. The lowest BCUT2D eigenvalue weighted by Crippen LogP contribution is -2.29. The third kappa shape index (κ3) is 6.50. The zero-order chi connectivity index (χ0) is 25.8. The Labute approximate surface area is 221 Å². The van der Waals surface area contributed by atoms with E-state index in [9.17, 15) is 9.90 Å². The minimum absolute atomic E-state index is 0.0103. The van der Waals surface area contributed by atoms with Gasteiger partial charge in [0.05, 0.1) is 46.4 Å². The van der Waals surface area contributed by atoms with E-state index in [-0.39, 0.29) is 18.1 Å². The van der Waals surface area contributed by atoms with Crippen LogP contribution in [-0.2, 0) is 14.3 Å². The Kier molecular flexibility index (Phi) is 8.75. The Morgan fingerprint density at radius 3 is 2.61 bits per heavy atom. The molecule has 1 aromatic carbocycles. The van der Waals surface area contributed by atoms with Crippen LogP contribution in [0, 0.1) is 5.92 Å². The van der Waals surface area contributed by atoms with Crippen molar-refractivity contribution in [3.05, 3.63) is 46.0 Å². The summed E-state index contributed by atoms with van der Waals surface area (Å²) in [5, 5.41) is 9.30. The lowest BCUT2D eigenvalue weighted by atomic mass is 9.87. The van der Waals surface area contributed by atoms with Crippen molar-refractivity contribution in [2.24, 2.45) is 15.9 Å². The molecule has 1 saturated carbocycles. The van der Waals surface area contributed by atoms with Crippen LogP contribution >= 0.6 is 23.2 Å². The van der Waals surface area contributed by atoms with Crippen molar-refractivity contribution in [2.75, 3.05) is 6.61 Å². The molecule has 194 valence electrons. The number of hydrogen-bond donors (Lipinski definition) is 1. The van der Waals surface area contributed by atoms with E-state index in [0.29, 0.717) is 61.0 Å². The van der Waals surface area contributed by atoms with Gasteiger partial charge in [0.2, 0.25) is 5.90 Å². The highest BCUT2D eigenvalue weighted by atomic mass is 35.5. The van der Waals surface area contributed by atoms with Crippen LogP contribution in [0.25, 0.3) is 5.70 Å². The van der Waals surface area contributed by atoms with Crippen molar-refractivity contribution in [1.82, 2.24) is 0 Å². The van der Waals surface area contributed by atoms with Gasteiger partial charge in [0.15, 0.2) is 6.23 Å². The number of hydrogen-bond acceptors (Lipinski definition) is 6. The number of carboxylic acids is 1. The number of benzene rings is 1. The van der Waals surface area contributed by atoms with E-state index in [0.717, 1.165) is 16.8 Å². The number of nitrogens with zero attached hydrogens (tertiary/aromatic N) is 2. The van der Waals surface area contributed by atoms with Gasteiger partial charge in [-0.25, -0.2) is 4.99 Å². The molecule has 1 N–H and O–H groups in total. The van der Waals surface area contributed by atoms with Crippen LogP contribution in [0.2, 0.25) is 5.02 Å². The maximum absolute atomic E-state index is 11.2. The summed E-state index contributed by atoms with van der Waals surface area (Å²) in [6, 6.07) is 5.59. The SMILES string of the molecule is CC1=C(c2ccc(OC3CCC(C(=O)O)CC3)cc2Cl)N=C(C2=CC(Cl)C(OC(C)C)N=C2)OCC1. The number of halogens is 2. The summed E-state index contributed by atoms with van der Waals surface area (Å²) in [6.45, 7) is 6.39. The highest BCUT2D eigenvalue weighted by molar-refractivity contribution is 6.32. The van der Waals surface area contributed by atoms with E-state index in [1.165, 1.54) is 0 Å². The smallest absolute Gasteiger partial charge is 0.306 e. The van der Waals surface area contributed by atoms with Crippen molar-refractivity contribution < 1.29 is 24.1 Å². The predicted molar refractivity (Wildman–Crippen MR) is 142 cm³/mol.